The van der Waals surface area contributed by atoms with Crippen molar-refractivity contribution < 1.29 is 0 Å². The number of nitrogens with zero attached hydrogens (tertiary/aromatic N) is 1. The predicted octanol–water partition coefficient (Wildman–Crippen LogP) is 8.73. The normalized spacial score (nSPS) is 14.9. The minimum Gasteiger partial charge on any atom is -0.311 e. The molecule has 0 saturated heterocycles. The van der Waals surface area contributed by atoms with Crippen molar-refractivity contribution in [3.63, 3.8) is 0 Å². The first-order chi connectivity index (χ1) is 13.2. The standard InChI is InChI=1S/C24H23Br2N/c25-20-8-14-23(15-9-20)27(24-16-10-21(26)11-17-24)22-12-6-19(7-13-22)18-4-2-1-3-5-18/h6-18H,1-5H2. The van der Waals surface area contributed by atoms with E-state index in [1.807, 2.05) is 0 Å². The molecule has 0 aliphatic heterocycles. The largest absolute Gasteiger partial charge is 0.311 e. The summed E-state index contributed by atoms with van der Waals surface area (Å²) in [5.41, 5.74) is 5.00. The van der Waals surface area contributed by atoms with Crippen LogP contribution < -0.4 is 4.90 Å². The topological polar surface area (TPSA) is 3.24 Å². The highest BCUT2D eigenvalue weighted by molar-refractivity contribution is 9.10. The summed E-state index contributed by atoms with van der Waals surface area (Å²) in [7, 11) is 0. The molecule has 3 aromatic carbocycles. The molecule has 0 aromatic heterocycles. The second-order valence-electron chi connectivity index (χ2n) is 7.21. The molecule has 0 radical (unpaired) electrons. The van der Waals surface area contributed by atoms with Gasteiger partial charge in [-0.05, 0) is 85.0 Å². The Morgan fingerprint density at radius 2 is 0.963 bits per heavy atom. The molecule has 1 saturated carbocycles. The Kier molecular flexibility index (Phi) is 5.99. The van der Waals surface area contributed by atoms with Gasteiger partial charge in [0, 0.05) is 26.0 Å². The van der Waals surface area contributed by atoms with Crippen LogP contribution in [0.25, 0.3) is 0 Å². The fraction of sp³-hybridized carbons (Fsp3) is 0.250. The van der Waals surface area contributed by atoms with E-state index in [-0.39, 0.29) is 0 Å². The lowest BCUT2D eigenvalue weighted by Crippen LogP contribution is -2.10. The molecule has 27 heavy (non-hydrogen) atoms. The number of rotatable bonds is 4. The van der Waals surface area contributed by atoms with E-state index in [9.17, 15) is 0 Å². The zero-order chi connectivity index (χ0) is 18.6. The van der Waals surface area contributed by atoms with Crippen molar-refractivity contribution >= 4 is 48.9 Å². The molecule has 4 rings (SSSR count). The molecule has 1 fully saturated rings. The fourth-order valence-corrected chi connectivity index (χ4v) is 4.49. The Labute approximate surface area is 178 Å². The molecule has 3 heteroatoms. The molecule has 0 heterocycles. The molecule has 3 aromatic rings. The van der Waals surface area contributed by atoms with Gasteiger partial charge in [0.15, 0.2) is 0 Å². The molecule has 1 aliphatic rings. The molecular weight excluding hydrogens is 462 g/mol. The molecule has 0 spiro atoms. The van der Waals surface area contributed by atoms with E-state index in [0.717, 1.165) is 26.2 Å². The minimum atomic E-state index is 0.738. The summed E-state index contributed by atoms with van der Waals surface area (Å²) in [5.74, 6) is 0.738. The highest BCUT2D eigenvalue weighted by atomic mass is 79.9. The highest BCUT2D eigenvalue weighted by Gasteiger charge is 2.17. The van der Waals surface area contributed by atoms with E-state index >= 15 is 0 Å². The number of halogens is 2. The Bertz CT molecular complexity index is 818. The van der Waals surface area contributed by atoms with Crippen molar-refractivity contribution in [2.45, 2.75) is 38.0 Å². The van der Waals surface area contributed by atoms with Gasteiger partial charge in [-0.2, -0.15) is 0 Å². The third-order valence-corrected chi connectivity index (χ3v) is 6.45. The van der Waals surface area contributed by atoms with Crippen LogP contribution in [0, 0.1) is 0 Å². The van der Waals surface area contributed by atoms with Crippen molar-refractivity contribution in [1.82, 2.24) is 0 Å². The average molecular weight is 485 g/mol. The van der Waals surface area contributed by atoms with Gasteiger partial charge in [-0.3, -0.25) is 0 Å². The van der Waals surface area contributed by atoms with Gasteiger partial charge >= 0.3 is 0 Å². The summed E-state index contributed by atoms with van der Waals surface area (Å²) in [4.78, 5) is 2.31. The summed E-state index contributed by atoms with van der Waals surface area (Å²) < 4.78 is 2.18. The third-order valence-electron chi connectivity index (χ3n) is 5.40. The molecule has 138 valence electrons. The Hall–Kier alpha value is -1.58. The van der Waals surface area contributed by atoms with Crippen LogP contribution in [0.2, 0.25) is 0 Å². The minimum absolute atomic E-state index is 0.738. The van der Waals surface area contributed by atoms with Gasteiger partial charge in [0.05, 0.1) is 0 Å². The van der Waals surface area contributed by atoms with Gasteiger partial charge in [0.25, 0.3) is 0 Å². The van der Waals surface area contributed by atoms with Crippen molar-refractivity contribution in [3.8, 4) is 0 Å². The van der Waals surface area contributed by atoms with E-state index in [2.05, 4.69) is 110 Å². The molecule has 0 amide bonds. The maximum Gasteiger partial charge on any atom is 0.0462 e. The average Bonchev–Trinajstić information content (AvgIpc) is 2.72. The maximum absolute atomic E-state index is 3.55. The second-order valence-corrected chi connectivity index (χ2v) is 9.05. The van der Waals surface area contributed by atoms with Crippen molar-refractivity contribution in [2.24, 2.45) is 0 Å². The van der Waals surface area contributed by atoms with Gasteiger partial charge in [0.2, 0.25) is 0 Å². The maximum atomic E-state index is 3.55. The Balaban J connectivity index is 1.69. The molecule has 0 bridgehead atoms. The number of benzene rings is 3. The van der Waals surface area contributed by atoms with Crippen LogP contribution in [0.1, 0.15) is 43.6 Å². The highest BCUT2D eigenvalue weighted by Crippen LogP contribution is 2.38. The summed E-state index contributed by atoms with van der Waals surface area (Å²) in [5, 5.41) is 0. The zero-order valence-electron chi connectivity index (χ0n) is 15.2. The monoisotopic (exact) mass is 483 g/mol. The summed E-state index contributed by atoms with van der Waals surface area (Å²) in [6, 6.07) is 26.2. The molecule has 1 aliphatic carbocycles. The lowest BCUT2D eigenvalue weighted by molar-refractivity contribution is 0.443. The van der Waals surface area contributed by atoms with Gasteiger partial charge in [-0.25, -0.2) is 0 Å². The van der Waals surface area contributed by atoms with E-state index in [0.29, 0.717) is 0 Å². The van der Waals surface area contributed by atoms with Crippen molar-refractivity contribution in [3.05, 3.63) is 87.3 Å². The van der Waals surface area contributed by atoms with Crippen LogP contribution in [-0.4, -0.2) is 0 Å². The van der Waals surface area contributed by atoms with E-state index in [1.165, 1.54) is 43.4 Å². The number of anilines is 3. The smallest absolute Gasteiger partial charge is 0.0462 e. The van der Waals surface area contributed by atoms with Crippen LogP contribution in [0.5, 0.6) is 0 Å². The summed E-state index contributed by atoms with van der Waals surface area (Å²) >= 11 is 7.09. The van der Waals surface area contributed by atoms with E-state index in [1.54, 1.807) is 0 Å². The van der Waals surface area contributed by atoms with Gasteiger partial charge < -0.3 is 4.90 Å². The molecule has 0 atom stereocenters. The zero-order valence-corrected chi connectivity index (χ0v) is 18.4. The Morgan fingerprint density at radius 1 is 0.556 bits per heavy atom. The van der Waals surface area contributed by atoms with Gasteiger partial charge in [-0.15, -0.1) is 0 Å². The van der Waals surface area contributed by atoms with Crippen LogP contribution in [0.3, 0.4) is 0 Å². The predicted molar refractivity (Wildman–Crippen MR) is 122 cm³/mol. The van der Waals surface area contributed by atoms with Crippen LogP contribution in [-0.2, 0) is 0 Å². The summed E-state index contributed by atoms with van der Waals surface area (Å²) in [6.45, 7) is 0. The number of hydrogen-bond donors (Lipinski definition) is 0. The SMILES string of the molecule is Brc1ccc(N(c2ccc(Br)cc2)c2ccc(C3CCCCC3)cc2)cc1. The Morgan fingerprint density at radius 3 is 1.41 bits per heavy atom. The van der Waals surface area contributed by atoms with Crippen molar-refractivity contribution in [2.75, 3.05) is 4.90 Å². The first kappa shape index (κ1) is 18.8. The summed E-state index contributed by atoms with van der Waals surface area (Å²) in [6.07, 6.45) is 6.81. The number of hydrogen-bond acceptors (Lipinski definition) is 1. The van der Waals surface area contributed by atoms with Crippen LogP contribution in [0.4, 0.5) is 17.1 Å². The van der Waals surface area contributed by atoms with E-state index < -0.39 is 0 Å². The first-order valence-corrected chi connectivity index (χ1v) is 11.2. The van der Waals surface area contributed by atoms with Crippen LogP contribution >= 0.6 is 31.9 Å². The first-order valence-electron chi connectivity index (χ1n) is 9.62. The lowest BCUT2D eigenvalue weighted by Gasteiger charge is -2.27. The van der Waals surface area contributed by atoms with Crippen molar-refractivity contribution in [1.29, 1.82) is 0 Å². The van der Waals surface area contributed by atoms with Gasteiger partial charge in [0.1, 0.15) is 0 Å². The fourth-order valence-electron chi connectivity index (χ4n) is 3.96. The molecule has 0 N–H and O–H groups in total. The lowest BCUT2D eigenvalue weighted by atomic mass is 9.84. The quantitative estimate of drug-likeness (QED) is 0.357. The van der Waals surface area contributed by atoms with Crippen LogP contribution in [0.15, 0.2) is 81.7 Å². The molecule has 1 nitrogen and oxygen atoms in total. The van der Waals surface area contributed by atoms with Gasteiger partial charge in [-0.1, -0.05) is 63.3 Å². The van der Waals surface area contributed by atoms with E-state index in [4.69, 9.17) is 0 Å². The molecular formula is C24H23Br2N. The second kappa shape index (κ2) is 8.62. The third kappa shape index (κ3) is 4.47. The molecule has 0 unspecified atom stereocenters.